The van der Waals surface area contributed by atoms with Crippen LogP contribution in [0.1, 0.15) is 0 Å². The van der Waals surface area contributed by atoms with Crippen molar-refractivity contribution in [3.05, 3.63) is 29.6 Å². The number of benzene rings is 1. The van der Waals surface area contributed by atoms with E-state index in [0.29, 0.717) is 5.82 Å². The quantitative estimate of drug-likeness (QED) is 0.770. The van der Waals surface area contributed by atoms with Crippen molar-refractivity contribution < 1.29 is 4.74 Å². The molecule has 5 heteroatoms. The second kappa shape index (κ2) is 4.03. The lowest BCUT2D eigenvalue weighted by Crippen LogP contribution is -1.96. The third kappa shape index (κ3) is 1.55. The molecule has 0 saturated heterocycles. The molecule has 0 aliphatic rings. The van der Waals surface area contributed by atoms with E-state index in [-0.39, 0.29) is 0 Å². The molecule has 0 aliphatic carbocycles. The normalized spacial score (nSPS) is 11.0. The van der Waals surface area contributed by atoms with Gasteiger partial charge in [0.1, 0.15) is 11.6 Å². The number of aromatic nitrogens is 2. The first-order valence-electron chi connectivity index (χ1n) is 5.55. The highest BCUT2D eigenvalue weighted by Crippen LogP contribution is 2.37. The Labute approximate surface area is 109 Å². The third-order valence-electron chi connectivity index (χ3n) is 2.99. The van der Waals surface area contributed by atoms with E-state index in [1.54, 1.807) is 23.1 Å². The molecule has 3 aromatic rings. The summed E-state index contributed by atoms with van der Waals surface area (Å²) in [4.78, 5) is 0. The van der Waals surface area contributed by atoms with E-state index < -0.39 is 0 Å². The van der Waals surface area contributed by atoms with Gasteiger partial charge < -0.3 is 10.5 Å². The minimum Gasteiger partial charge on any atom is -0.495 e. The average Bonchev–Trinajstić information content (AvgIpc) is 2.96. The first kappa shape index (κ1) is 11.1. The Morgan fingerprint density at radius 3 is 2.83 bits per heavy atom. The molecule has 0 unspecified atom stereocenters. The third-order valence-corrected chi connectivity index (χ3v) is 3.92. The molecule has 3 rings (SSSR count). The Bertz CT molecular complexity index is 695. The van der Waals surface area contributed by atoms with Gasteiger partial charge in [-0.05, 0) is 23.6 Å². The Morgan fingerprint density at radius 1 is 1.33 bits per heavy atom. The number of nitrogen functional groups attached to an aromatic ring is 1. The molecule has 0 bridgehead atoms. The van der Waals surface area contributed by atoms with Crippen LogP contribution in [-0.2, 0) is 7.05 Å². The summed E-state index contributed by atoms with van der Waals surface area (Å²) in [5.74, 6) is 1.55. The number of hydrogen-bond donors (Lipinski definition) is 1. The topological polar surface area (TPSA) is 53.1 Å². The molecule has 0 atom stereocenters. The first-order chi connectivity index (χ1) is 8.70. The number of methoxy groups -OCH3 is 1. The van der Waals surface area contributed by atoms with Gasteiger partial charge in [-0.3, -0.25) is 4.68 Å². The SMILES string of the molecule is COc1ccc(-c2cc(N)n(C)n2)c2ccsc12. The van der Waals surface area contributed by atoms with Gasteiger partial charge >= 0.3 is 0 Å². The summed E-state index contributed by atoms with van der Waals surface area (Å²) in [5, 5.41) is 7.63. The number of ether oxygens (including phenoxy) is 1. The van der Waals surface area contributed by atoms with Gasteiger partial charge in [0.25, 0.3) is 0 Å². The summed E-state index contributed by atoms with van der Waals surface area (Å²) in [6.45, 7) is 0. The number of hydrogen-bond acceptors (Lipinski definition) is 4. The maximum atomic E-state index is 5.83. The molecule has 0 amide bonds. The summed E-state index contributed by atoms with van der Waals surface area (Å²) in [7, 11) is 3.53. The monoisotopic (exact) mass is 259 g/mol. The highest BCUT2D eigenvalue weighted by molar-refractivity contribution is 7.17. The molecule has 0 spiro atoms. The molecule has 4 nitrogen and oxygen atoms in total. The minimum absolute atomic E-state index is 0.657. The van der Waals surface area contributed by atoms with Crippen LogP contribution in [0.3, 0.4) is 0 Å². The lowest BCUT2D eigenvalue weighted by atomic mass is 10.1. The van der Waals surface area contributed by atoms with E-state index >= 15 is 0 Å². The van der Waals surface area contributed by atoms with Crippen LogP contribution in [0.15, 0.2) is 29.6 Å². The van der Waals surface area contributed by atoms with E-state index in [4.69, 9.17) is 10.5 Å². The van der Waals surface area contributed by atoms with Gasteiger partial charge in [-0.2, -0.15) is 5.10 Å². The standard InChI is InChI=1S/C13H13N3OS/c1-16-12(14)7-10(15-16)8-3-4-11(17-2)13-9(8)5-6-18-13/h3-7H,14H2,1-2H3. The molecule has 2 N–H and O–H groups in total. The zero-order valence-electron chi connectivity index (χ0n) is 10.2. The molecular weight excluding hydrogens is 246 g/mol. The van der Waals surface area contributed by atoms with Crippen molar-refractivity contribution in [3.8, 4) is 17.0 Å². The van der Waals surface area contributed by atoms with Crippen LogP contribution in [-0.4, -0.2) is 16.9 Å². The van der Waals surface area contributed by atoms with Crippen molar-refractivity contribution in [1.29, 1.82) is 0 Å². The maximum Gasteiger partial charge on any atom is 0.136 e. The summed E-state index contributed by atoms with van der Waals surface area (Å²) in [6, 6.07) is 7.97. The number of rotatable bonds is 2. The molecule has 2 aromatic heterocycles. The number of anilines is 1. The van der Waals surface area contributed by atoms with E-state index in [2.05, 4.69) is 16.5 Å². The highest BCUT2D eigenvalue weighted by Gasteiger charge is 2.12. The van der Waals surface area contributed by atoms with Crippen LogP contribution >= 0.6 is 11.3 Å². The van der Waals surface area contributed by atoms with Crippen molar-refractivity contribution in [2.75, 3.05) is 12.8 Å². The highest BCUT2D eigenvalue weighted by atomic mass is 32.1. The van der Waals surface area contributed by atoms with Gasteiger partial charge in [0.15, 0.2) is 0 Å². The van der Waals surface area contributed by atoms with Gasteiger partial charge in [0.2, 0.25) is 0 Å². The van der Waals surface area contributed by atoms with Crippen molar-refractivity contribution in [2.45, 2.75) is 0 Å². The predicted octanol–water partition coefficient (Wildman–Crippen LogP) is 2.89. The van der Waals surface area contributed by atoms with Crippen LogP contribution in [0.25, 0.3) is 21.3 Å². The molecule has 0 radical (unpaired) electrons. The maximum absolute atomic E-state index is 5.83. The first-order valence-corrected chi connectivity index (χ1v) is 6.42. The largest absolute Gasteiger partial charge is 0.495 e. The summed E-state index contributed by atoms with van der Waals surface area (Å²) < 4.78 is 8.18. The summed E-state index contributed by atoms with van der Waals surface area (Å²) >= 11 is 1.67. The van der Waals surface area contributed by atoms with Gasteiger partial charge in [0.05, 0.1) is 17.5 Å². The molecule has 0 fully saturated rings. The summed E-state index contributed by atoms with van der Waals surface area (Å²) in [5.41, 5.74) is 7.80. The van der Waals surface area contributed by atoms with E-state index in [0.717, 1.165) is 27.1 Å². The molecule has 18 heavy (non-hydrogen) atoms. The molecule has 2 heterocycles. The van der Waals surface area contributed by atoms with Crippen LogP contribution in [0, 0.1) is 0 Å². The molecular formula is C13H13N3OS. The Kier molecular flexibility index (Phi) is 2.48. The van der Waals surface area contributed by atoms with Crippen LogP contribution in [0.4, 0.5) is 5.82 Å². The number of thiophene rings is 1. The number of nitrogens with zero attached hydrogens (tertiary/aromatic N) is 2. The zero-order valence-corrected chi connectivity index (χ0v) is 11.0. The molecule has 0 saturated carbocycles. The second-order valence-corrected chi connectivity index (χ2v) is 4.97. The Balaban J connectivity index is 2.27. The van der Waals surface area contributed by atoms with E-state index in [9.17, 15) is 0 Å². The van der Waals surface area contributed by atoms with Crippen LogP contribution < -0.4 is 10.5 Å². The smallest absolute Gasteiger partial charge is 0.136 e. The zero-order chi connectivity index (χ0) is 12.7. The van der Waals surface area contributed by atoms with Gasteiger partial charge in [-0.25, -0.2) is 0 Å². The van der Waals surface area contributed by atoms with Crippen LogP contribution in [0.5, 0.6) is 5.75 Å². The van der Waals surface area contributed by atoms with Gasteiger partial charge in [-0.1, -0.05) is 0 Å². The number of nitrogens with two attached hydrogens (primary N) is 1. The van der Waals surface area contributed by atoms with E-state index in [1.165, 1.54) is 0 Å². The lowest BCUT2D eigenvalue weighted by molar-refractivity contribution is 0.420. The van der Waals surface area contributed by atoms with Crippen molar-refractivity contribution >= 4 is 27.2 Å². The number of aryl methyl sites for hydroxylation is 1. The minimum atomic E-state index is 0.657. The summed E-state index contributed by atoms with van der Waals surface area (Å²) in [6.07, 6.45) is 0. The fraction of sp³-hybridized carbons (Fsp3) is 0.154. The molecule has 0 aliphatic heterocycles. The van der Waals surface area contributed by atoms with Crippen molar-refractivity contribution in [1.82, 2.24) is 9.78 Å². The lowest BCUT2D eigenvalue weighted by Gasteiger charge is -2.04. The Morgan fingerprint density at radius 2 is 2.17 bits per heavy atom. The Hall–Kier alpha value is -2.01. The predicted molar refractivity (Wildman–Crippen MR) is 75.0 cm³/mol. The molecule has 92 valence electrons. The second-order valence-electron chi connectivity index (χ2n) is 4.06. The number of fused-ring (bicyclic) bond motifs is 1. The van der Waals surface area contributed by atoms with Gasteiger partial charge in [-0.15, -0.1) is 11.3 Å². The van der Waals surface area contributed by atoms with Gasteiger partial charge in [0, 0.05) is 24.1 Å². The van der Waals surface area contributed by atoms with Crippen molar-refractivity contribution in [3.63, 3.8) is 0 Å². The molecule has 1 aromatic carbocycles. The van der Waals surface area contributed by atoms with E-state index in [1.807, 2.05) is 25.2 Å². The van der Waals surface area contributed by atoms with Crippen molar-refractivity contribution in [2.24, 2.45) is 7.05 Å². The average molecular weight is 259 g/mol. The van der Waals surface area contributed by atoms with Crippen LogP contribution in [0.2, 0.25) is 0 Å². The fourth-order valence-electron chi connectivity index (χ4n) is 2.03. The fourth-order valence-corrected chi connectivity index (χ4v) is 2.95.